The summed E-state index contributed by atoms with van der Waals surface area (Å²) < 4.78 is 33.0. The van der Waals surface area contributed by atoms with Gasteiger partial charge in [-0.3, -0.25) is 52.7 Å². The van der Waals surface area contributed by atoms with Crippen LogP contribution >= 0.6 is 128 Å². The summed E-state index contributed by atoms with van der Waals surface area (Å²) in [7, 11) is 0. The summed E-state index contributed by atoms with van der Waals surface area (Å²) >= 11 is 55.9. The normalized spacial score (nSPS) is 11.5. The van der Waals surface area contributed by atoms with Crippen LogP contribution < -0.4 is 0 Å². The first-order valence-electron chi connectivity index (χ1n) is 21.4. The highest BCUT2D eigenvalue weighted by molar-refractivity contribution is 6.67. The van der Waals surface area contributed by atoms with Crippen molar-refractivity contribution in [2.45, 2.75) is 187 Å². The quantitative estimate of drug-likeness (QED) is 0.0449. The molecule has 25 heteroatoms. The number of hydrogen-bond donors (Lipinski definition) is 0. The zero-order chi connectivity index (χ0) is 54.3. The molecule has 3 atom stereocenters. The number of carbonyl (C=O) groups is 11. The molecule has 0 rings (SSSR count). The molecule has 0 spiro atoms. The molecule has 0 aliphatic heterocycles. The van der Waals surface area contributed by atoms with Gasteiger partial charge in [0.2, 0.25) is 57.7 Å². The minimum atomic E-state index is -4.46. The Morgan fingerprint density at radius 2 is 0.676 bits per heavy atom. The maximum absolute atomic E-state index is 11.5. The van der Waals surface area contributed by atoms with Crippen LogP contribution in [0.1, 0.15) is 181 Å². The predicted molar refractivity (Wildman–Crippen MR) is 268 cm³/mol. The Bertz CT molecular complexity index is 1450. The lowest BCUT2D eigenvalue weighted by Gasteiger charge is -2.20. The van der Waals surface area contributed by atoms with Crippen LogP contribution in [0.2, 0.25) is 0 Å². The molecular formula is C43H62Cl11F3O11. The topological polar surface area (TPSA) is 188 Å². The molecule has 0 N–H and O–H groups in total. The Morgan fingerprint density at radius 1 is 0.368 bits per heavy atom. The van der Waals surface area contributed by atoms with Crippen LogP contribution in [0.25, 0.3) is 0 Å². The first-order chi connectivity index (χ1) is 31.4. The molecule has 0 radical (unpaired) electrons. The van der Waals surface area contributed by atoms with E-state index in [-0.39, 0.29) is 60.7 Å². The maximum atomic E-state index is 11.5. The van der Waals surface area contributed by atoms with Gasteiger partial charge in [-0.2, -0.15) is 13.2 Å². The minimum absolute atomic E-state index is 0.0409. The molecule has 0 aromatic rings. The number of alkyl halides is 3. The molecule has 0 bridgehead atoms. The summed E-state index contributed by atoms with van der Waals surface area (Å²) in [6.07, 6.45) is 13.5. The third-order valence-electron chi connectivity index (χ3n) is 8.21. The first kappa shape index (κ1) is 78.8. The van der Waals surface area contributed by atoms with Gasteiger partial charge in [0.1, 0.15) is 6.42 Å². The molecule has 398 valence electrons. The SMILES string of the molecule is CC(=O)Cl.CCCC(=O)Cl.CCCCCCCCCCCCCCCC(=O)Cl.O=C(Cl)CC(F)(F)F.O=C(Cl)CCC(CC(CC(CC(=O)Cl)C(=O)Cl)C(=O)Cl)C(=O)Cl.O=C(Cl)CCCC(=O)Cl. The Hall–Kier alpha value is -0.650. The fourth-order valence-corrected chi connectivity index (χ4v) is 6.61. The second kappa shape index (κ2) is 54.1. The molecule has 0 saturated heterocycles. The molecule has 0 aromatic heterocycles. The van der Waals surface area contributed by atoms with Crippen LogP contribution in [0.3, 0.4) is 0 Å². The lowest BCUT2D eigenvalue weighted by molar-refractivity contribution is -0.147. The van der Waals surface area contributed by atoms with Crippen LogP contribution in [0.5, 0.6) is 0 Å². The molecular weight excluding hydrogens is 1140 g/mol. The molecule has 0 heterocycles. The highest BCUT2D eigenvalue weighted by Gasteiger charge is 2.31. The summed E-state index contributed by atoms with van der Waals surface area (Å²) in [5, 5.41) is -6.85. The van der Waals surface area contributed by atoms with Crippen molar-refractivity contribution in [3.63, 3.8) is 0 Å². The summed E-state index contributed by atoms with van der Waals surface area (Å²) in [4.78, 5) is 115. The van der Waals surface area contributed by atoms with Gasteiger partial charge in [0.15, 0.2) is 0 Å². The van der Waals surface area contributed by atoms with Crippen LogP contribution in [-0.2, 0) is 52.7 Å². The molecule has 0 aromatic carbocycles. The minimum Gasteiger partial charge on any atom is -0.282 e. The average Bonchev–Trinajstić information content (AvgIpc) is 3.16. The third-order valence-corrected chi connectivity index (χ3v) is 10.4. The summed E-state index contributed by atoms with van der Waals surface area (Å²) in [5.41, 5.74) is 0. The number of rotatable bonds is 33. The van der Waals surface area contributed by atoms with Crippen molar-refractivity contribution in [3.8, 4) is 0 Å². The molecule has 0 aliphatic carbocycles. The van der Waals surface area contributed by atoms with Crippen LogP contribution in [-0.4, -0.2) is 63.8 Å². The van der Waals surface area contributed by atoms with Gasteiger partial charge in [0.25, 0.3) is 0 Å². The monoisotopic (exact) mass is 1200 g/mol. The van der Waals surface area contributed by atoms with Crippen molar-refractivity contribution in [3.05, 3.63) is 0 Å². The standard InChI is InChI=1S/C16H31ClO.C13H13Cl5O5.C5H6Cl2O2.C4H7ClO.C3H2ClF3O.C2H3ClO/c1-2-3-4-5-6-7-8-9-10-11-12-13-14-15-16(17)18;14-9(19)2-1-6(11(16)21)3-7(12(17)22)4-8(13(18)23)5-10(15)20;6-4(8)2-1-3-5(7)9;1-2-3-4(5)6;4-2(8)1-3(5,6)7;1-2(3)4/h2-15H2,1H3;6-8H,1-5H2;1-3H2;2-3H2,1H3;1H2;1H3. The van der Waals surface area contributed by atoms with Crippen LogP contribution in [0, 0.1) is 17.8 Å². The predicted octanol–water partition coefficient (Wildman–Crippen LogP) is 15.6. The molecule has 0 amide bonds. The zero-order valence-electron chi connectivity index (χ0n) is 38.2. The largest absolute Gasteiger partial charge is 0.397 e. The van der Waals surface area contributed by atoms with Gasteiger partial charge in [0.05, 0.1) is 0 Å². The highest BCUT2D eigenvalue weighted by Crippen LogP contribution is 2.30. The molecule has 11 nitrogen and oxygen atoms in total. The molecule has 68 heavy (non-hydrogen) atoms. The van der Waals surface area contributed by atoms with E-state index in [0.29, 0.717) is 19.3 Å². The fourth-order valence-electron chi connectivity index (χ4n) is 5.03. The smallest absolute Gasteiger partial charge is 0.282 e. The number of carbonyl (C=O) groups excluding carboxylic acids is 11. The Morgan fingerprint density at radius 3 is 0.912 bits per heavy atom. The molecule has 0 fully saturated rings. The molecule has 0 saturated carbocycles. The van der Waals surface area contributed by atoms with Crippen molar-refractivity contribution in [1.29, 1.82) is 0 Å². The Balaban J connectivity index is -0.000000187. The van der Waals surface area contributed by atoms with Gasteiger partial charge in [-0.25, -0.2) is 0 Å². The van der Waals surface area contributed by atoms with Gasteiger partial charge in [-0.05, 0) is 166 Å². The van der Waals surface area contributed by atoms with E-state index in [9.17, 15) is 65.9 Å². The van der Waals surface area contributed by atoms with Crippen LogP contribution in [0.15, 0.2) is 0 Å². The van der Waals surface area contributed by atoms with E-state index < -0.39 is 72.3 Å². The van der Waals surface area contributed by atoms with Crippen LogP contribution in [0.4, 0.5) is 13.2 Å². The van der Waals surface area contributed by atoms with E-state index in [0.717, 1.165) is 19.3 Å². The van der Waals surface area contributed by atoms with Gasteiger partial charge in [0, 0.05) is 63.2 Å². The van der Waals surface area contributed by atoms with E-state index in [1.165, 1.54) is 77.6 Å². The Kier molecular flexibility index (Phi) is 62.7. The van der Waals surface area contributed by atoms with Crippen molar-refractivity contribution < 1.29 is 65.9 Å². The summed E-state index contributed by atoms with van der Waals surface area (Å²) in [6, 6.07) is 0. The van der Waals surface area contributed by atoms with Crippen molar-refractivity contribution in [1.82, 2.24) is 0 Å². The molecule has 0 aliphatic rings. The van der Waals surface area contributed by atoms with Gasteiger partial charge >= 0.3 is 6.18 Å². The lowest BCUT2D eigenvalue weighted by atomic mass is 9.85. The van der Waals surface area contributed by atoms with E-state index in [1.54, 1.807) is 0 Å². The zero-order valence-corrected chi connectivity index (χ0v) is 46.5. The van der Waals surface area contributed by atoms with E-state index in [1.807, 2.05) is 6.92 Å². The Labute approximate surface area is 453 Å². The molecule has 3 unspecified atom stereocenters. The van der Waals surface area contributed by atoms with Gasteiger partial charge < -0.3 is 0 Å². The highest BCUT2D eigenvalue weighted by atomic mass is 35.5. The maximum Gasteiger partial charge on any atom is 0.397 e. The summed E-state index contributed by atoms with van der Waals surface area (Å²) in [6.45, 7) is 5.48. The van der Waals surface area contributed by atoms with Gasteiger partial charge in [-0.1, -0.05) is 90.9 Å². The lowest BCUT2D eigenvalue weighted by Crippen LogP contribution is -2.24. The number of halogens is 14. The van der Waals surface area contributed by atoms with Gasteiger partial charge in [-0.15, -0.1) is 0 Å². The van der Waals surface area contributed by atoms with E-state index >= 15 is 0 Å². The third kappa shape index (κ3) is 82.3. The first-order valence-corrected chi connectivity index (χ1v) is 25.6. The fraction of sp³-hybridized carbons (Fsp3) is 0.744. The summed E-state index contributed by atoms with van der Waals surface area (Å²) in [5.74, 6) is -2.79. The second-order valence-electron chi connectivity index (χ2n) is 14.6. The number of hydrogen-bond acceptors (Lipinski definition) is 11. The second-order valence-corrected chi connectivity index (χ2v) is 19.2. The van der Waals surface area contributed by atoms with Crippen molar-refractivity contribution in [2.75, 3.05) is 0 Å². The van der Waals surface area contributed by atoms with E-state index in [2.05, 4.69) is 30.1 Å². The van der Waals surface area contributed by atoms with Crippen molar-refractivity contribution in [2.24, 2.45) is 17.8 Å². The number of unbranched alkanes of at least 4 members (excludes halogenated alkanes) is 12. The van der Waals surface area contributed by atoms with E-state index in [4.69, 9.17) is 104 Å². The van der Waals surface area contributed by atoms with Crippen molar-refractivity contribution >= 4 is 185 Å². The average molecular weight is 1200 g/mol.